The van der Waals surface area contributed by atoms with Crippen LogP contribution in [0.3, 0.4) is 0 Å². The van der Waals surface area contributed by atoms with E-state index >= 15 is 8.78 Å². The molecule has 1 aliphatic heterocycles. The van der Waals surface area contributed by atoms with Crippen molar-refractivity contribution in [3.63, 3.8) is 0 Å². The van der Waals surface area contributed by atoms with Gasteiger partial charge in [-0.1, -0.05) is 31.5 Å². The van der Waals surface area contributed by atoms with Crippen LogP contribution in [-0.2, 0) is 20.7 Å². The number of amides is 1. The molecule has 2 aromatic carbocycles. The largest absolute Gasteiger partial charge is 0.466 e. The van der Waals surface area contributed by atoms with E-state index in [1.54, 1.807) is 13.1 Å². The number of ether oxygens (including phenoxy) is 1. The number of carbonyl (C=O) groups excluding carboxylic acids is 2. The molecule has 0 saturated carbocycles. The maximum Gasteiger partial charge on any atom is 0.348 e. The van der Waals surface area contributed by atoms with Crippen LogP contribution in [0.25, 0.3) is 11.1 Å². The Balaban J connectivity index is 1.76. The number of benzene rings is 2. The van der Waals surface area contributed by atoms with Gasteiger partial charge in [0.2, 0.25) is 5.91 Å². The lowest BCUT2D eigenvalue weighted by Gasteiger charge is -2.34. The molecule has 4 rings (SSSR count). The van der Waals surface area contributed by atoms with Crippen LogP contribution in [0.5, 0.6) is 0 Å². The standard InChI is InChI=1S/C36H45F3N4O4/c1-8-47-30(44)15-28(32-33(38)24(7)14-27(34(32)39)31-22(5)12-21(4)13-23(31)6)41-35(45)29(11-20(2)3)43-17-25(16-40-36(43)46)9-10-42-18-26(37)19-42/h12-14,16-17,20,26,28-29H,8-11,15,18-19H2,1-7H3,(H,41,45)/t28-,29-/m0/s1. The molecule has 47 heavy (non-hydrogen) atoms. The number of nitrogens with zero attached hydrogens (tertiary/aromatic N) is 3. The SMILES string of the molecule is CCOC(=O)C[C@H](NC(=O)[C@H](CC(C)C)n1cc(CCN2CC(F)C2)cnc1=O)c1c(F)c(C)cc(-c2c(C)cc(C)cc2C)c1F. The second-order valence-electron chi connectivity index (χ2n) is 13.0. The summed E-state index contributed by atoms with van der Waals surface area (Å²) in [4.78, 5) is 45.8. The van der Waals surface area contributed by atoms with E-state index < -0.39 is 59.4 Å². The second kappa shape index (κ2) is 15.3. The van der Waals surface area contributed by atoms with Crippen LogP contribution in [0.2, 0.25) is 0 Å². The van der Waals surface area contributed by atoms with E-state index in [0.29, 0.717) is 37.2 Å². The average molecular weight is 655 g/mol. The minimum absolute atomic E-state index is 0.0402. The number of carbonyl (C=O) groups is 2. The molecule has 8 nitrogen and oxygen atoms in total. The normalized spacial score (nSPS) is 15.0. The first-order valence-corrected chi connectivity index (χ1v) is 16.2. The molecule has 1 aliphatic rings. The molecule has 1 N–H and O–H groups in total. The summed E-state index contributed by atoms with van der Waals surface area (Å²) < 4.78 is 52.3. The Hall–Kier alpha value is -3.99. The number of rotatable bonds is 13. The zero-order valence-electron chi connectivity index (χ0n) is 28.3. The third-order valence-electron chi connectivity index (χ3n) is 8.53. The summed E-state index contributed by atoms with van der Waals surface area (Å²) in [5, 5.41) is 2.72. The van der Waals surface area contributed by atoms with Crippen molar-refractivity contribution in [2.75, 3.05) is 26.2 Å². The van der Waals surface area contributed by atoms with E-state index in [1.165, 1.54) is 23.8 Å². The number of esters is 1. The van der Waals surface area contributed by atoms with Gasteiger partial charge in [-0.2, -0.15) is 0 Å². The van der Waals surface area contributed by atoms with Gasteiger partial charge in [-0.3, -0.25) is 19.1 Å². The number of aryl methyl sites for hydroxylation is 4. The summed E-state index contributed by atoms with van der Waals surface area (Å²) in [6.07, 6.45) is 2.33. The van der Waals surface area contributed by atoms with Crippen LogP contribution in [0.15, 0.2) is 35.4 Å². The topological polar surface area (TPSA) is 93.5 Å². The Morgan fingerprint density at radius 3 is 2.30 bits per heavy atom. The number of hydrogen-bond donors (Lipinski definition) is 1. The molecule has 2 atom stereocenters. The molecule has 1 amide bonds. The number of alkyl halides is 1. The number of halogens is 3. The van der Waals surface area contributed by atoms with Crippen LogP contribution in [0.4, 0.5) is 13.2 Å². The molecular weight excluding hydrogens is 609 g/mol. The van der Waals surface area contributed by atoms with Gasteiger partial charge < -0.3 is 10.1 Å². The fraction of sp³-hybridized carbons (Fsp3) is 0.500. The molecule has 3 aromatic rings. The molecule has 0 spiro atoms. The monoisotopic (exact) mass is 654 g/mol. The summed E-state index contributed by atoms with van der Waals surface area (Å²) in [6.45, 7) is 13.8. The minimum Gasteiger partial charge on any atom is -0.466 e. The summed E-state index contributed by atoms with van der Waals surface area (Å²) in [5.74, 6) is -3.27. The van der Waals surface area contributed by atoms with Gasteiger partial charge in [0, 0.05) is 43.2 Å². The minimum atomic E-state index is -1.44. The van der Waals surface area contributed by atoms with Gasteiger partial charge in [0.05, 0.1) is 19.1 Å². The van der Waals surface area contributed by atoms with E-state index in [9.17, 15) is 18.8 Å². The highest BCUT2D eigenvalue weighted by molar-refractivity contribution is 5.82. The van der Waals surface area contributed by atoms with Crippen LogP contribution >= 0.6 is 0 Å². The number of hydrogen-bond acceptors (Lipinski definition) is 6. The van der Waals surface area contributed by atoms with Gasteiger partial charge >= 0.3 is 11.7 Å². The lowest BCUT2D eigenvalue weighted by molar-refractivity contribution is -0.144. The Morgan fingerprint density at radius 2 is 1.70 bits per heavy atom. The average Bonchev–Trinajstić information content (AvgIpc) is 2.96. The van der Waals surface area contributed by atoms with E-state index in [0.717, 1.165) is 16.7 Å². The quantitative estimate of drug-likeness (QED) is 0.227. The van der Waals surface area contributed by atoms with E-state index in [4.69, 9.17) is 4.74 Å². The lowest BCUT2D eigenvalue weighted by atomic mass is 9.88. The first-order chi connectivity index (χ1) is 22.2. The molecule has 254 valence electrons. The predicted octanol–water partition coefficient (Wildman–Crippen LogP) is 6.02. The highest BCUT2D eigenvalue weighted by Crippen LogP contribution is 2.37. The lowest BCUT2D eigenvalue weighted by Crippen LogP contribution is -2.49. The molecular formula is C36H45F3N4O4. The molecule has 1 fully saturated rings. The Labute approximate surface area is 274 Å². The summed E-state index contributed by atoms with van der Waals surface area (Å²) >= 11 is 0. The zero-order chi connectivity index (χ0) is 34.6. The summed E-state index contributed by atoms with van der Waals surface area (Å²) in [5.41, 5.74) is 3.06. The van der Waals surface area contributed by atoms with E-state index in [-0.39, 0.29) is 30.1 Å². The van der Waals surface area contributed by atoms with Crippen LogP contribution in [0.1, 0.15) is 79.1 Å². The first-order valence-electron chi connectivity index (χ1n) is 16.2. The fourth-order valence-corrected chi connectivity index (χ4v) is 6.36. The van der Waals surface area contributed by atoms with Gasteiger partial charge in [0.1, 0.15) is 23.8 Å². The van der Waals surface area contributed by atoms with Gasteiger partial charge in [-0.15, -0.1) is 0 Å². The van der Waals surface area contributed by atoms with Crippen molar-refractivity contribution in [3.05, 3.63) is 86.1 Å². The van der Waals surface area contributed by atoms with E-state index in [1.807, 2.05) is 51.7 Å². The van der Waals surface area contributed by atoms with Crippen molar-refractivity contribution >= 4 is 11.9 Å². The third-order valence-corrected chi connectivity index (χ3v) is 8.53. The Morgan fingerprint density at radius 1 is 1.04 bits per heavy atom. The van der Waals surface area contributed by atoms with Crippen LogP contribution in [-0.4, -0.2) is 58.7 Å². The highest BCUT2D eigenvalue weighted by Gasteiger charge is 2.33. The Kier molecular flexibility index (Phi) is 11.7. The summed E-state index contributed by atoms with van der Waals surface area (Å²) in [6, 6.07) is 2.74. The maximum atomic E-state index is 16.6. The molecule has 11 heteroatoms. The summed E-state index contributed by atoms with van der Waals surface area (Å²) in [7, 11) is 0. The van der Waals surface area contributed by atoms with Gasteiger partial charge in [0.25, 0.3) is 0 Å². The van der Waals surface area contributed by atoms with Crippen molar-refractivity contribution < 1.29 is 27.5 Å². The number of likely N-dealkylation sites (tertiary alicyclic amines) is 1. The molecule has 1 aromatic heterocycles. The smallest absolute Gasteiger partial charge is 0.348 e. The van der Waals surface area contributed by atoms with E-state index in [2.05, 4.69) is 10.3 Å². The molecule has 0 aliphatic carbocycles. The van der Waals surface area contributed by atoms with Gasteiger partial charge in [0.15, 0.2) is 0 Å². The molecule has 1 saturated heterocycles. The second-order valence-corrected chi connectivity index (χ2v) is 13.0. The molecule has 2 heterocycles. The Bertz CT molecular complexity index is 1660. The number of aromatic nitrogens is 2. The third kappa shape index (κ3) is 8.49. The van der Waals surface area contributed by atoms with Crippen molar-refractivity contribution in [1.82, 2.24) is 19.8 Å². The van der Waals surface area contributed by atoms with Gasteiger partial charge in [-0.05, 0) is 87.3 Å². The van der Waals surface area contributed by atoms with Crippen molar-refractivity contribution in [3.8, 4) is 11.1 Å². The van der Waals surface area contributed by atoms with Crippen LogP contribution in [0, 0.1) is 45.2 Å². The first kappa shape index (κ1) is 35.9. The molecule has 0 unspecified atom stereocenters. The van der Waals surface area contributed by atoms with Crippen LogP contribution < -0.4 is 11.0 Å². The zero-order valence-corrected chi connectivity index (χ0v) is 28.3. The number of nitrogens with one attached hydrogen (secondary N) is 1. The van der Waals surface area contributed by atoms with Crippen molar-refractivity contribution in [2.45, 2.75) is 86.0 Å². The van der Waals surface area contributed by atoms with Crippen molar-refractivity contribution in [2.24, 2.45) is 5.92 Å². The fourth-order valence-electron chi connectivity index (χ4n) is 6.36. The highest BCUT2D eigenvalue weighted by atomic mass is 19.1. The van der Waals surface area contributed by atoms with Gasteiger partial charge in [-0.25, -0.2) is 22.9 Å². The molecule has 0 bridgehead atoms. The molecule has 0 radical (unpaired) electrons. The predicted molar refractivity (Wildman–Crippen MR) is 175 cm³/mol. The maximum absolute atomic E-state index is 16.6. The van der Waals surface area contributed by atoms with Crippen molar-refractivity contribution in [1.29, 1.82) is 0 Å².